The first kappa shape index (κ1) is 25.0. The van der Waals surface area contributed by atoms with Crippen molar-refractivity contribution in [2.24, 2.45) is 0 Å². The van der Waals surface area contributed by atoms with E-state index in [1.54, 1.807) is 12.1 Å². The molecule has 4 rings (SSSR count). The van der Waals surface area contributed by atoms with E-state index in [9.17, 15) is 14.9 Å². The third-order valence-corrected chi connectivity index (χ3v) is 5.24. The number of carbonyl (C=O) groups excluding carboxylic acids is 1. The maximum atomic E-state index is 12.6. The summed E-state index contributed by atoms with van der Waals surface area (Å²) < 4.78 is 0. The number of hydrogen-bond donors (Lipinski definition) is 0. The molecule has 1 unspecified atom stereocenters. The van der Waals surface area contributed by atoms with Gasteiger partial charge >= 0.3 is 17.1 Å². The molecule has 2 aliphatic carbocycles. The second-order valence-corrected chi connectivity index (χ2v) is 7.22. The van der Waals surface area contributed by atoms with Crippen molar-refractivity contribution < 1.29 is 26.8 Å². The molecule has 0 bridgehead atoms. The van der Waals surface area contributed by atoms with Crippen molar-refractivity contribution in [1.29, 1.82) is 0 Å². The fourth-order valence-corrected chi connectivity index (χ4v) is 3.68. The van der Waals surface area contributed by atoms with Crippen LogP contribution in [0.3, 0.4) is 0 Å². The van der Waals surface area contributed by atoms with E-state index in [2.05, 4.69) is 4.90 Å². The Balaban J connectivity index is 0.000000468. The number of benzene rings is 1. The molecule has 156 valence electrons. The third-order valence-electron chi connectivity index (χ3n) is 5.24. The first-order valence-corrected chi connectivity index (χ1v) is 10.0. The van der Waals surface area contributed by atoms with Gasteiger partial charge in [0.2, 0.25) is 0 Å². The normalized spacial score (nSPS) is 20.7. The van der Waals surface area contributed by atoms with Gasteiger partial charge in [-0.1, -0.05) is 18.6 Å². The Kier molecular flexibility index (Phi) is 11.0. The predicted octanol–water partition coefficient (Wildman–Crippen LogP) is 4.51. The molecule has 1 aromatic carbocycles. The van der Waals surface area contributed by atoms with Gasteiger partial charge in [-0.15, -0.1) is 0 Å². The monoisotopic (exact) mass is 446 g/mol. The van der Waals surface area contributed by atoms with Crippen LogP contribution in [-0.4, -0.2) is 28.7 Å². The standard InChI is InChI=1S/C19H21N2O3.C5H5.Fe/c22-19(16-6-2-3-7-16)14-18(20-12-4-1-5-13-20)15-8-10-17(11-9-15)21(23)24;1-2-4-5-3-1;/h2-3,6-11,18H,1,4-5,12-14H2;1-5H;/q;;+2. The maximum Gasteiger partial charge on any atom is 2.00 e. The molecule has 6 heteroatoms. The number of rotatable bonds is 6. The number of non-ortho nitro benzene ring substituents is 1. The van der Waals surface area contributed by atoms with Crippen LogP contribution in [0.1, 0.15) is 37.3 Å². The summed E-state index contributed by atoms with van der Waals surface area (Å²) in [6.07, 6.45) is 21.3. The molecular formula is C24H26FeN2O3+2. The predicted molar refractivity (Wildman–Crippen MR) is 113 cm³/mol. The number of hydrogen-bond acceptors (Lipinski definition) is 4. The van der Waals surface area contributed by atoms with Gasteiger partial charge in [-0.05, 0) is 89.3 Å². The van der Waals surface area contributed by atoms with E-state index in [1.807, 2.05) is 57.8 Å². The van der Waals surface area contributed by atoms with Crippen molar-refractivity contribution in [3.8, 4) is 0 Å². The Morgan fingerprint density at radius 1 is 0.900 bits per heavy atom. The van der Waals surface area contributed by atoms with Crippen molar-refractivity contribution >= 4 is 11.5 Å². The first-order valence-electron chi connectivity index (χ1n) is 10.0. The maximum absolute atomic E-state index is 12.6. The zero-order valence-corrected chi connectivity index (χ0v) is 17.9. The fourth-order valence-electron chi connectivity index (χ4n) is 3.68. The Morgan fingerprint density at radius 2 is 1.43 bits per heavy atom. The average Bonchev–Trinajstić information content (AvgIpc) is 3.49. The quantitative estimate of drug-likeness (QED) is 0.367. The van der Waals surface area contributed by atoms with Crippen molar-refractivity contribution in [2.75, 3.05) is 13.1 Å². The Bertz CT molecular complexity index is 641. The topological polar surface area (TPSA) is 63.4 Å². The first-order chi connectivity index (χ1) is 14.1. The summed E-state index contributed by atoms with van der Waals surface area (Å²) in [5.74, 6) is 0.854. The van der Waals surface area contributed by atoms with Crippen LogP contribution in [-0.2, 0) is 21.9 Å². The van der Waals surface area contributed by atoms with Crippen molar-refractivity contribution in [1.82, 2.24) is 4.90 Å². The number of likely N-dealkylation sites (tertiary alicyclic amines) is 1. The number of carbonyl (C=O) groups is 1. The van der Waals surface area contributed by atoms with Gasteiger partial charge in [-0.25, -0.2) is 0 Å². The molecule has 2 saturated carbocycles. The van der Waals surface area contributed by atoms with Gasteiger partial charge in [-0.2, -0.15) is 0 Å². The van der Waals surface area contributed by atoms with Gasteiger partial charge in [0.15, 0.2) is 0 Å². The van der Waals surface area contributed by atoms with Crippen LogP contribution in [0.25, 0.3) is 0 Å². The number of nitrogens with zero attached hydrogens (tertiary/aromatic N) is 2. The SMILES string of the molecule is O=C(CC(c1ccc([N+](=O)[O-])cc1)N1CCCCC1)[C]1[CH][CH][CH][CH]1.[CH]1[CH][CH][CH][CH]1.[Fe+2]. The van der Waals surface area contributed by atoms with E-state index in [0.29, 0.717) is 6.42 Å². The van der Waals surface area contributed by atoms with Gasteiger partial charge in [-0.3, -0.25) is 19.8 Å². The van der Waals surface area contributed by atoms with Crippen LogP contribution in [0.5, 0.6) is 0 Å². The number of nitro benzene ring substituents is 1. The van der Waals surface area contributed by atoms with E-state index < -0.39 is 4.92 Å². The number of Topliss-reactive ketones (excluding diaryl/α,β-unsaturated/α-hetero) is 1. The molecule has 0 amide bonds. The summed E-state index contributed by atoms with van der Waals surface area (Å²) in [4.78, 5) is 25.4. The van der Waals surface area contributed by atoms with Crippen molar-refractivity contribution in [3.63, 3.8) is 0 Å². The molecule has 5 nitrogen and oxygen atoms in total. The molecule has 3 aliphatic rings. The number of nitro groups is 1. The molecule has 30 heavy (non-hydrogen) atoms. The molecule has 0 spiro atoms. The van der Waals surface area contributed by atoms with E-state index in [-0.39, 0.29) is 34.6 Å². The van der Waals surface area contributed by atoms with Crippen LogP contribution < -0.4 is 0 Å². The van der Waals surface area contributed by atoms with Crippen LogP contribution in [0.15, 0.2) is 24.3 Å². The van der Waals surface area contributed by atoms with Crippen LogP contribution in [0.4, 0.5) is 5.69 Å². The minimum Gasteiger partial charge on any atom is -0.299 e. The second kappa shape index (κ2) is 13.2. The zero-order chi connectivity index (χ0) is 20.5. The second-order valence-electron chi connectivity index (χ2n) is 7.22. The molecule has 1 heterocycles. The molecule has 1 aromatic rings. The van der Waals surface area contributed by atoms with Gasteiger partial charge < -0.3 is 0 Å². The number of piperidine rings is 1. The zero-order valence-electron chi connectivity index (χ0n) is 16.8. The van der Waals surface area contributed by atoms with E-state index in [4.69, 9.17) is 0 Å². The molecule has 3 fully saturated rings. The van der Waals surface area contributed by atoms with Crippen molar-refractivity contribution in [3.05, 3.63) is 104 Å². The summed E-state index contributed by atoms with van der Waals surface area (Å²) in [6.45, 7) is 1.94. The molecule has 1 atom stereocenters. The summed E-state index contributed by atoms with van der Waals surface area (Å²) in [7, 11) is 0. The largest absolute Gasteiger partial charge is 2.00 e. The summed E-state index contributed by atoms with van der Waals surface area (Å²) >= 11 is 0. The Hall–Kier alpha value is -1.23. The molecule has 1 aliphatic heterocycles. The minimum atomic E-state index is -0.394. The summed E-state index contributed by atoms with van der Waals surface area (Å²) in [5, 5.41) is 10.9. The average molecular weight is 446 g/mol. The van der Waals surface area contributed by atoms with Crippen LogP contribution in [0, 0.1) is 73.8 Å². The number of ketones is 1. The summed E-state index contributed by atoms with van der Waals surface area (Å²) in [5.41, 5.74) is 1.06. The summed E-state index contributed by atoms with van der Waals surface area (Å²) in [6, 6.07) is 6.61. The van der Waals surface area contributed by atoms with Crippen LogP contribution >= 0.6 is 0 Å². The molecule has 10 radical (unpaired) electrons. The smallest absolute Gasteiger partial charge is 0.299 e. The van der Waals surface area contributed by atoms with Crippen molar-refractivity contribution in [2.45, 2.75) is 31.7 Å². The third kappa shape index (κ3) is 7.47. The minimum absolute atomic E-state index is 0. The van der Waals surface area contributed by atoms with Gasteiger partial charge in [0, 0.05) is 30.5 Å². The molecular weight excluding hydrogens is 420 g/mol. The van der Waals surface area contributed by atoms with E-state index in [1.165, 1.54) is 18.6 Å². The van der Waals surface area contributed by atoms with Gasteiger partial charge in [0.25, 0.3) is 5.69 Å². The van der Waals surface area contributed by atoms with Gasteiger partial charge in [0.1, 0.15) is 5.78 Å². The molecule has 0 aromatic heterocycles. The molecule has 0 N–H and O–H groups in total. The Morgan fingerprint density at radius 3 is 1.93 bits per heavy atom. The fraction of sp³-hybridized carbons (Fsp3) is 0.292. The van der Waals surface area contributed by atoms with E-state index >= 15 is 0 Å². The Labute approximate surface area is 191 Å². The van der Waals surface area contributed by atoms with Gasteiger partial charge in [0.05, 0.1) is 4.92 Å². The van der Waals surface area contributed by atoms with E-state index in [0.717, 1.165) is 37.4 Å². The van der Waals surface area contributed by atoms with Crippen LogP contribution in [0.2, 0.25) is 0 Å². The molecule has 1 saturated heterocycles.